The summed E-state index contributed by atoms with van der Waals surface area (Å²) in [6, 6.07) is 7.91. The number of urea groups is 1. The number of nitrogens with zero attached hydrogens (tertiary/aromatic N) is 4. The molecule has 27 heavy (non-hydrogen) atoms. The Hall–Kier alpha value is -2.61. The van der Waals surface area contributed by atoms with E-state index in [1.165, 1.54) is 6.33 Å². The van der Waals surface area contributed by atoms with E-state index in [0.29, 0.717) is 13.1 Å². The van der Waals surface area contributed by atoms with E-state index in [2.05, 4.69) is 39.2 Å². The molecular weight excluding hydrogens is 344 g/mol. The van der Waals surface area contributed by atoms with Crippen LogP contribution in [-0.4, -0.2) is 62.8 Å². The van der Waals surface area contributed by atoms with Crippen molar-refractivity contribution in [3.8, 4) is 5.75 Å². The van der Waals surface area contributed by atoms with Gasteiger partial charge in [0, 0.05) is 38.2 Å². The third-order valence-corrected chi connectivity index (χ3v) is 5.17. The van der Waals surface area contributed by atoms with Gasteiger partial charge in [0.15, 0.2) is 0 Å². The summed E-state index contributed by atoms with van der Waals surface area (Å²) in [5.41, 5.74) is 0.747. The number of carbonyl (C=O) groups excluding carboxylic acids is 1. The molecule has 1 atom stereocenters. The number of hydrogen-bond donors (Lipinski definition) is 2. The molecule has 4 rings (SSSR count). The predicted molar refractivity (Wildman–Crippen MR) is 100 cm³/mol. The van der Waals surface area contributed by atoms with Gasteiger partial charge in [0.1, 0.15) is 23.5 Å². The van der Waals surface area contributed by atoms with Gasteiger partial charge < -0.3 is 15.0 Å². The number of ether oxygens (including phenoxy) is 1. The lowest BCUT2D eigenvalue weighted by atomic mass is 9.90. The Bertz CT molecular complexity index is 783. The van der Waals surface area contributed by atoms with Crippen molar-refractivity contribution in [3.63, 3.8) is 0 Å². The fraction of sp³-hybridized carbons (Fsp3) is 0.526. The van der Waals surface area contributed by atoms with Gasteiger partial charge in [0.05, 0.1) is 12.6 Å². The molecule has 0 unspecified atom stereocenters. The lowest BCUT2D eigenvalue weighted by Gasteiger charge is -2.39. The SMILES string of the molecule is CC1(C)C[C@@H](NC(=O)N2CCN(Cc3ncn[nH]3)CC2)c2ccccc2O1. The van der Waals surface area contributed by atoms with Crippen LogP contribution in [0.25, 0.3) is 0 Å². The number of H-pyrrole nitrogens is 1. The molecule has 2 aliphatic heterocycles. The number of nitrogens with one attached hydrogen (secondary N) is 2. The largest absolute Gasteiger partial charge is 0.487 e. The minimum Gasteiger partial charge on any atom is -0.487 e. The maximum Gasteiger partial charge on any atom is 0.317 e. The van der Waals surface area contributed by atoms with Gasteiger partial charge in [0.25, 0.3) is 0 Å². The average molecular weight is 370 g/mol. The van der Waals surface area contributed by atoms with Crippen LogP contribution in [0.2, 0.25) is 0 Å². The lowest BCUT2D eigenvalue weighted by molar-refractivity contribution is 0.0651. The van der Waals surface area contributed by atoms with Gasteiger partial charge in [-0.25, -0.2) is 9.78 Å². The number of benzene rings is 1. The van der Waals surface area contributed by atoms with Gasteiger partial charge in [-0.05, 0) is 19.9 Å². The summed E-state index contributed by atoms with van der Waals surface area (Å²) in [7, 11) is 0. The number of piperazine rings is 1. The highest BCUT2D eigenvalue weighted by Crippen LogP contribution is 2.39. The molecule has 0 aliphatic carbocycles. The Balaban J connectivity index is 1.36. The summed E-state index contributed by atoms with van der Waals surface area (Å²) in [5.74, 6) is 1.71. The van der Waals surface area contributed by atoms with Crippen molar-refractivity contribution in [2.45, 2.75) is 38.5 Å². The van der Waals surface area contributed by atoms with Crippen LogP contribution in [0.5, 0.6) is 5.75 Å². The first-order valence-electron chi connectivity index (χ1n) is 9.40. The number of rotatable bonds is 3. The molecule has 0 bridgehead atoms. The van der Waals surface area contributed by atoms with E-state index in [9.17, 15) is 4.79 Å². The molecule has 2 aliphatic rings. The van der Waals surface area contributed by atoms with Crippen LogP contribution in [0.1, 0.15) is 37.7 Å². The first-order valence-corrected chi connectivity index (χ1v) is 9.40. The van der Waals surface area contributed by atoms with Crippen molar-refractivity contribution < 1.29 is 9.53 Å². The highest BCUT2D eigenvalue weighted by atomic mass is 16.5. The molecule has 3 heterocycles. The van der Waals surface area contributed by atoms with Crippen LogP contribution in [0.4, 0.5) is 4.79 Å². The third kappa shape index (κ3) is 4.05. The zero-order chi connectivity index (χ0) is 18.9. The van der Waals surface area contributed by atoms with Crippen LogP contribution in [0.15, 0.2) is 30.6 Å². The number of fused-ring (bicyclic) bond motifs is 1. The molecule has 0 radical (unpaired) electrons. The van der Waals surface area contributed by atoms with Gasteiger partial charge >= 0.3 is 6.03 Å². The van der Waals surface area contributed by atoms with E-state index < -0.39 is 0 Å². The van der Waals surface area contributed by atoms with Crippen molar-refractivity contribution in [2.75, 3.05) is 26.2 Å². The Morgan fingerprint density at radius 2 is 2.07 bits per heavy atom. The number of para-hydroxylation sites is 1. The van der Waals surface area contributed by atoms with Crippen LogP contribution in [0.3, 0.4) is 0 Å². The van der Waals surface area contributed by atoms with Gasteiger partial charge in [-0.15, -0.1) is 0 Å². The van der Waals surface area contributed by atoms with Crippen molar-refractivity contribution in [1.29, 1.82) is 0 Å². The number of aromatic nitrogens is 3. The van der Waals surface area contributed by atoms with E-state index in [1.54, 1.807) is 0 Å². The first-order chi connectivity index (χ1) is 13.0. The van der Waals surface area contributed by atoms with Crippen molar-refractivity contribution >= 4 is 6.03 Å². The molecule has 0 spiro atoms. The van der Waals surface area contributed by atoms with Gasteiger partial charge in [-0.2, -0.15) is 5.10 Å². The molecule has 1 aromatic heterocycles. The minimum atomic E-state index is -0.303. The summed E-state index contributed by atoms with van der Waals surface area (Å²) in [6.07, 6.45) is 2.27. The fourth-order valence-electron chi connectivity index (χ4n) is 3.80. The third-order valence-electron chi connectivity index (χ3n) is 5.17. The minimum absolute atomic E-state index is 0.00758. The second kappa shape index (κ2) is 7.19. The van der Waals surface area contributed by atoms with Crippen LogP contribution in [-0.2, 0) is 6.54 Å². The van der Waals surface area contributed by atoms with Gasteiger partial charge in [-0.3, -0.25) is 10.00 Å². The highest BCUT2D eigenvalue weighted by molar-refractivity contribution is 5.75. The maximum absolute atomic E-state index is 12.8. The Morgan fingerprint density at radius 3 is 2.81 bits per heavy atom. The first kappa shape index (κ1) is 17.8. The molecule has 2 amide bonds. The number of aromatic amines is 1. The molecule has 1 saturated heterocycles. The van der Waals surface area contributed by atoms with E-state index >= 15 is 0 Å². The number of amides is 2. The molecule has 1 aromatic carbocycles. The zero-order valence-electron chi connectivity index (χ0n) is 15.8. The van der Waals surface area contributed by atoms with E-state index in [1.807, 2.05) is 29.2 Å². The molecule has 8 nitrogen and oxygen atoms in total. The molecular formula is C19H26N6O2. The van der Waals surface area contributed by atoms with Crippen LogP contribution < -0.4 is 10.1 Å². The van der Waals surface area contributed by atoms with Crippen molar-refractivity contribution in [2.24, 2.45) is 0 Å². The van der Waals surface area contributed by atoms with Crippen LogP contribution >= 0.6 is 0 Å². The second-order valence-corrected chi connectivity index (χ2v) is 7.80. The lowest BCUT2D eigenvalue weighted by Crippen LogP contribution is -2.53. The molecule has 144 valence electrons. The smallest absolute Gasteiger partial charge is 0.317 e. The van der Waals surface area contributed by atoms with E-state index in [0.717, 1.165) is 43.2 Å². The second-order valence-electron chi connectivity index (χ2n) is 7.80. The zero-order valence-corrected chi connectivity index (χ0v) is 15.8. The Morgan fingerprint density at radius 1 is 1.30 bits per heavy atom. The summed E-state index contributed by atoms with van der Waals surface area (Å²) in [4.78, 5) is 21.2. The Kier molecular flexibility index (Phi) is 4.73. The molecule has 8 heteroatoms. The summed E-state index contributed by atoms with van der Waals surface area (Å²) in [6.45, 7) is 7.90. The monoisotopic (exact) mass is 370 g/mol. The van der Waals surface area contributed by atoms with E-state index in [-0.39, 0.29) is 17.7 Å². The van der Waals surface area contributed by atoms with Crippen molar-refractivity contribution in [1.82, 2.24) is 30.3 Å². The van der Waals surface area contributed by atoms with E-state index in [4.69, 9.17) is 4.74 Å². The number of hydrogen-bond acceptors (Lipinski definition) is 5. The summed E-state index contributed by atoms with van der Waals surface area (Å²) >= 11 is 0. The summed E-state index contributed by atoms with van der Waals surface area (Å²) < 4.78 is 6.06. The quantitative estimate of drug-likeness (QED) is 0.862. The predicted octanol–water partition coefficient (Wildman–Crippen LogP) is 1.93. The standard InChI is InChI=1S/C19H26N6O2/c1-19(2)11-15(14-5-3-4-6-16(14)27-19)22-18(26)25-9-7-24(8-10-25)12-17-20-13-21-23-17/h3-6,13,15H,7-12H2,1-2H3,(H,22,26)(H,20,21,23)/t15-/m1/s1. The normalized spacial score (nSPS) is 22.0. The average Bonchev–Trinajstić information content (AvgIpc) is 3.14. The highest BCUT2D eigenvalue weighted by Gasteiger charge is 2.35. The van der Waals surface area contributed by atoms with Gasteiger partial charge in [-0.1, -0.05) is 18.2 Å². The topological polar surface area (TPSA) is 86.4 Å². The van der Waals surface area contributed by atoms with Crippen LogP contribution in [0, 0.1) is 0 Å². The summed E-state index contributed by atoms with van der Waals surface area (Å²) in [5, 5.41) is 9.98. The molecule has 0 saturated carbocycles. The molecule has 2 aromatic rings. The Labute approximate surface area is 158 Å². The van der Waals surface area contributed by atoms with Gasteiger partial charge in [0.2, 0.25) is 0 Å². The number of carbonyl (C=O) groups is 1. The molecule has 1 fully saturated rings. The van der Waals surface area contributed by atoms with Crippen molar-refractivity contribution in [3.05, 3.63) is 42.0 Å². The fourth-order valence-corrected chi connectivity index (χ4v) is 3.80. The maximum atomic E-state index is 12.8. The molecule has 2 N–H and O–H groups in total.